The van der Waals surface area contributed by atoms with Gasteiger partial charge in [0.15, 0.2) is 9.84 Å². The summed E-state index contributed by atoms with van der Waals surface area (Å²) in [4.78, 5) is 23.4. The monoisotopic (exact) mass is 347 g/mol. The number of benzene rings is 2. The lowest BCUT2D eigenvalue weighted by Crippen LogP contribution is -2.15. The fourth-order valence-electron chi connectivity index (χ4n) is 2.26. The topological polar surface area (TPSA) is 101 Å². The van der Waals surface area contributed by atoms with Crippen molar-refractivity contribution in [3.63, 3.8) is 0 Å². The first-order chi connectivity index (χ1) is 11.2. The molecule has 0 unspecified atom stereocenters. The minimum atomic E-state index is -3.61. The van der Waals surface area contributed by atoms with Gasteiger partial charge in [0, 0.05) is 17.5 Å². The van der Waals surface area contributed by atoms with E-state index in [0.29, 0.717) is 12.0 Å². The third kappa shape index (κ3) is 3.99. The number of rotatable bonds is 5. The van der Waals surface area contributed by atoms with Crippen LogP contribution in [0.15, 0.2) is 47.4 Å². The Morgan fingerprint density at radius 3 is 2.38 bits per heavy atom. The van der Waals surface area contributed by atoms with Gasteiger partial charge in [-0.2, -0.15) is 0 Å². The Morgan fingerprint density at radius 2 is 1.79 bits per heavy atom. The van der Waals surface area contributed by atoms with Crippen LogP contribution in [-0.4, -0.2) is 31.7 Å². The number of aromatic carboxylic acids is 1. The minimum Gasteiger partial charge on any atom is -0.478 e. The van der Waals surface area contributed by atoms with Crippen LogP contribution >= 0.6 is 0 Å². The van der Waals surface area contributed by atoms with Crippen molar-refractivity contribution in [1.82, 2.24) is 0 Å². The standard InChI is InChI=1S/C17H17NO5S/c1-3-11-6-4-5-7-15(11)16(19)18-13-8-12(17(20)21)9-14(10-13)24(2,22)23/h4-10H,3H2,1-2H3,(H,18,19)(H,20,21). The maximum atomic E-state index is 12.4. The molecule has 126 valence electrons. The largest absolute Gasteiger partial charge is 0.478 e. The first-order valence-electron chi connectivity index (χ1n) is 7.20. The van der Waals surface area contributed by atoms with Gasteiger partial charge in [-0.1, -0.05) is 25.1 Å². The molecule has 0 saturated heterocycles. The van der Waals surface area contributed by atoms with Gasteiger partial charge in [-0.15, -0.1) is 0 Å². The van der Waals surface area contributed by atoms with E-state index in [-0.39, 0.29) is 16.1 Å². The SMILES string of the molecule is CCc1ccccc1C(=O)Nc1cc(C(=O)O)cc(S(C)(=O)=O)c1. The van der Waals surface area contributed by atoms with Crippen molar-refractivity contribution in [2.75, 3.05) is 11.6 Å². The first-order valence-corrected chi connectivity index (χ1v) is 9.09. The number of aryl methyl sites for hydroxylation is 1. The lowest BCUT2D eigenvalue weighted by atomic mass is 10.0. The highest BCUT2D eigenvalue weighted by atomic mass is 32.2. The van der Waals surface area contributed by atoms with Crippen LogP contribution in [0, 0.1) is 0 Å². The van der Waals surface area contributed by atoms with Gasteiger partial charge in [-0.3, -0.25) is 4.79 Å². The molecule has 7 heteroatoms. The van der Waals surface area contributed by atoms with Crippen molar-refractivity contribution in [1.29, 1.82) is 0 Å². The molecule has 0 aliphatic carbocycles. The molecule has 24 heavy (non-hydrogen) atoms. The number of anilines is 1. The van der Waals surface area contributed by atoms with Crippen LogP contribution in [0.3, 0.4) is 0 Å². The van der Waals surface area contributed by atoms with Gasteiger partial charge in [-0.05, 0) is 36.2 Å². The van der Waals surface area contributed by atoms with E-state index in [1.54, 1.807) is 12.1 Å². The Morgan fingerprint density at radius 1 is 1.12 bits per heavy atom. The van der Waals surface area contributed by atoms with Gasteiger partial charge in [0.2, 0.25) is 0 Å². The summed E-state index contributed by atoms with van der Waals surface area (Å²) in [5.74, 6) is -1.70. The van der Waals surface area contributed by atoms with Crippen molar-refractivity contribution < 1.29 is 23.1 Å². The Hall–Kier alpha value is -2.67. The Bertz CT molecular complexity index is 903. The van der Waals surface area contributed by atoms with Gasteiger partial charge < -0.3 is 10.4 Å². The molecule has 0 saturated carbocycles. The predicted molar refractivity (Wildman–Crippen MR) is 90.3 cm³/mol. The maximum Gasteiger partial charge on any atom is 0.335 e. The van der Waals surface area contributed by atoms with E-state index in [4.69, 9.17) is 5.11 Å². The molecule has 2 rings (SSSR count). The number of hydrogen-bond acceptors (Lipinski definition) is 4. The van der Waals surface area contributed by atoms with E-state index in [1.165, 1.54) is 12.1 Å². The fourth-order valence-corrected chi connectivity index (χ4v) is 2.94. The highest BCUT2D eigenvalue weighted by molar-refractivity contribution is 7.90. The third-order valence-corrected chi connectivity index (χ3v) is 4.57. The van der Waals surface area contributed by atoms with Gasteiger partial charge in [0.25, 0.3) is 5.91 Å². The number of nitrogens with one attached hydrogen (secondary N) is 1. The molecule has 0 radical (unpaired) electrons. The molecule has 2 N–H and O–H groups in total. The molecule has 2 aromatic rings. The number of carbonyl (C=O) groups is 2. The Labute approximate surface area is 140 Å². The second-order valence-corrected chi connectivity index (χ2v) is 7.30. The average molecular weight is 347 g/mol. The molecular weight excluding hydrogens is 330 g/mol. The lowest BCUT2D eigenvalue weighted by Gasteiger charge is -2.11. The molecule has 2 aromatic carbocycles. The van der Waals surface area contributed by atoms with E-state index >= 15 is 0 Å². The van der Waals surface area contributed by atoms with Crippen LogP contribution in [0.4, 0.5) is 5.69 Å². The summed E-state index contributed by atoms with van der Waals surface area (Å²) in [6, 6.07) is 10.6. The number of hydrogen-bond donors (Lipinski definition) is 2. The van der Waals surface area contributed by atoms with E-state index in [9.17, 15) is 18.0 Å². The van der Waals surface area contributed by atoms with Crippen LogP contribution in [0.2, 0.25) is 0 Å². The normalized spacial score (nSPS) is 11.1. The average Bonchev–Trinajstić information content (AvgIpc) is 2.53. The van der Waals surface area contributed by atoms with Crippen molar-refractivity contribution in [3.8, 4) is 0 Å². The zero-order valence-electron chi connectivity index (χ0n) is 13.2. The number of carbonyl (C=O) groups excluding carboxylic acids is 1. The number of sulfone groups is 1. The number of carboxylic acids is 1. The highest BCUT2D eigenvalue weighted by Gasteiger charge is 2.16. The van der Waals surface area contributed by atoms with Crippen LogP contribution < -0.4 is 5.32 Å². The molecule has 0 aromatic heterocycles. The molecule has 0 fully saturated rings. The van der Waals surface area contributed by atoms with Crippen LogP contribution in [0.25, 0.3) is 0 Å². The minimum absolute atomic E-state index is 0.117. The maximum absolute atomic E-state index is 12.4. The summed E-state index contributed by atoms with van der Waals surface area (Å²) < 4.78 is 23.4. The molecule has 6 nitrogen and oxygen atoms in total. The zero-order valence-corrected chi connectivity index (χ0v) is 14.1. The van der Waals surface area contributed by atoms with E-state index in [1.807, 2.05) is 19.1 Å². The van der Waals surface area contributed by atoms with Gasteiger partial charge in [0.05, 0.1) is 10.5 Å². The summed E-state index contributed by atoms with van der Waals surface area (Å²) in [6.07, 6.45) is 1.64. The van der Waals surface area contributed by atoms with E-state index in [0.717, 1.165) is 17.9 Å². The molecule has 0 spiro atoms. The summed E-state index contributed by atoms with van der Waals surface area (Å²) in [6.45, 7) is 1.92. The van der Waals surface area contributed by atoms with Gasteiger partial charge in [0.1, 0.15) is 0 Å². The first kappa shape index (κ1) is 17.7. The number of carboxylic acid groups (broad SMARTS) is 1. The van der Waals surface area contributed by atoms with Crippen LogP contribution in [0.5, 0.6) is 0 Å². The molecule has 0 heterocycles. The second-order valence-electron chi connectivity index (χ2n) is 5.29. The van der Waals surface area contributed by atoms with Gasteiger partial charge in [-0.25, -0.2) is 13.2 Å². The zero-order chi connectivity index (χ0) is 17.9. The van der Waals surface area contributed by atoms with E-state index < -0.39 is 21.7 Å². The van der Waals surface area contributed by atoms with Crippen molar-refractivity contribution in [3.05, 3.63) is 59.2 Å². The quantitative estimate of drug-likeness (QED) is 0.866. The molecule has 0 aliphatic heterocycles. The smallest absolute Gasteiger partial charge is 0.335 e. The van der Waals surface area contributed by atoms with Crippen molar-refractivity contribution in [2.45, 2.75) is 18.2 Å². The highest BCUT2D eigenvalue weighted by Crippen LogP contribution is 2.21. The lowest BCUT2D eigenvalue weighted by molar-refractivity contribution is 0.0696. The van der Waals surface area contributed by atoms with Gasteiger partial charge >= 0.3 is 5.97 Å². The van der Waals surface area contributed by atoms with E-state index in [2.05, 4.69) is 5.32 Å². The summed E-state index contributed by atoms with van der Waals surface area (Å²) >= 11 is 0. The van der Waals surface area contributed by atoms with Crippen molar-refractivity contribution in [2.24, 2.45) is 0 Å². The second kappa shape index (κ2) is 6.84. The fraction of sp³-hybridized carbons (Fsp3) is 0.176. The van der Waals surface area contributed by atoms with Crippen molar-refractivity contribution >= 4 is 27.4 Å². The number of amides is 1. The Kier molecular flexibility index (Phi) is 5.04. The summed E-state index contributed by atoms with van der Waals surface area (Å²) in [5, 5.41) is 11.7. The third-order valence-electron chi connectivity index (χ3n) is 3.48. The Balaban J connectivity index is 2.44. The molecule has 0 aliphatic rings. The summed E-state index contributed by atoms with van der Waals surface area (Å²) in [5.41, 5.74) is 1.21. The molecule has 0 bridgehead atoms. The summed E-state index contributed by atoms with van der Waals surface area (Å²) in [7, 11) is -3.61. The van der Waals surface area contributed by atoms with Crippen LogP contribution in [-0.2, 0) is 16.3 Å². The molecule has 1 amide bonds. The molecular formula is C17H17NO5S. The predicted octanol–water partition coefficient (Wildman–Crippen LogP) is 2.60. The van der Waals surface area contributed by atoms with Crippen LogP contribution in [0.1, 0.15) is 33.2 Å². The molecule has 0 atom stereocenters.